The average molecular weight is 354 g/mol. The fourth-order valence-corrected chi connectivity index (χ4v) is 2.86. The van der Waals surface area contributed by atoms with E-state index < -0.39 is 0 Å². The minimum atomic E-state index is 0.0945. The van der Waals surface area contributed by atoms with E-state index in [4.69, 9.17) is 0 Å². The van der Waals surface area contributed by atoms with Crippen LogP contribution in [0.3, 0.4) is 0 Å². The highest BCUT2D eigenvalue weighted by molar-refractivity contribution is 5.81. The molecule has 1 amide bonds. The molecule has 3 N–H and O–H groups in total. The van der Waals surface area contributed by atoms with Gasteiger partial charge in [0.05, 0.1) is 0 Å². The van der Waals surface area contributed by atoms with E-state index in [1.807, 2.05) is 6.92 Å². The molecule has 25 heavy (non-hydrogen) atoms. The molecule has 1 rings (SSSR count). The smallest absolute Gasteiger partial charge is 0.221 e. The molecule has 0 saturated carbocycles. The summed E-state index contributed by atoms with van der Waals surface area (Å²) in [6.07, 6.45) is 5.16. The van der Waals surface area contributed by atoms with Crippen LogP contribution >= 0.6 is 0 Å². The van der Waals surface area contributed by atoms with Crippen molar-refractivity contribution in [3.63, 3.8) is 0 Å². The van der Waals surface area contributed by atoms with E-state index in [1.54, 1.807) is 0 Å². The monoisotopic (exact) mass is 353 g/mol. The molecule has 0 aliphatic carbocycles. The summed E-state index contributed by atoms with van der Waals surface area (Å²) in [5.41, 5.74) is 0. The molecule has 0 bridgehead atoms. The zero-order valence-corrected chi connectivity index (χ0v) is 16.7. The summed E-state index contributed by atoms with van der Waals surface area (Å²) in [4.78, 5) is 19.0. The Morgan fingerprint density at radius 1 is 1.24 bits per heavy atom. The molecule has 0 aromatic carbocycles. The third-order valence-corrected chi connectivity index (χ3v) is 4.79. The Balaban J connectivity index is 2.21. The Labute approximate surface area is 154 Å². The van der Waals surface area contributed by atoms with E-state index in [-0.39, 0.29) is 11.9 Å². The number of hydrogen-bond acceptors (Lipinski definition) is 3. The molecule has 6 nitrogen and oxygen atoms in total. The van der Waals surface area contributed by atoms with Crippen molar-refractivity contribution in [2.45, 2.75) is 65.8 Å². The lowest BCUT2D eigenvalue weighted by atomic mass is 9.99. The lowest BCUT2D eigenvalue weighted by Crippen LogP contribution is -2.40. The van der Waals surface area contributed by atoms with Crippen molar-refractivity contribution < 1.29 is 4.79 Å². The van der Waals surface area contributed by atoms with Crippen molar-refractivity contribution in [3.8, 4) is 0 Å². The molecule has 0 spiro atoms. The van der Waals surface area contributed by atoms with Crippen LogP contribution in [0.1, 0.15) is 59.8 Å². The second-order valence-electron chi connectivity index (χ2n) is 7.19. The first-order chi connectivity index (χ1) is 12.0. The molecule has 1 aliphatic rings. The standard InChI is InChI=1S/C19H39N5O/c1-5-17(4)23-18(25)8-12-22-19(20-6-2)21-11-7-13-24-14-9-16(3)10-15-24/h16-17H,5-15H2,1-4H3,(H,23,25)(H2,20,21,22). The number of likely N-dealkylation sites (tertiary alicyclic amines) is 1. The van der Waals surface area contributed by atoms with Crippen LogP contribution < -0.4 is 16.0 Å². The number of carbonyl (C=O) groups is 1. The molecule has 146 valence electrons. The number of rotatable bonds is 10. The maximum Gasteiger partial charge on any atom is 0.221 e. The van der Waals surface area contributed by atoms with Gasteiger partial charge in [0.2, 0.25) is 5.91 Å². The van der Waals surface area contributed by atoms with Gasteiger partial charge in [-0.15, -0.1) is 0 Å². The quantitative estimate of drug-likeness (QED) is 0.319. The molecule has 0 aromatic heterocycles. The van der Waals surface area contributed by atoms with Gasteiger partial charge in [-0.3, -0.25) is 9.79 Å². The van der Waals surface area contributed by atoms with Gasteiger partial charge in [-0.05, 0) is 65.1 Å². The van der Waals surface area contributed by atoms with E-state index >= 15 is 0 Å². The minimum Gasteiger partial charge on any atom is -0.357 e. The van der Waals surface area contributed by atoms with Gasteiger partial charge in [0.25, 0.3) is 0 Å². The lowest BCUT2D eigenvalue weighted by molar-refractivity contribution is -0.121. The number of nitrogens with zero attached hydrogens (tertiary/aromatic N) is 2. The molecule has 1 unspecified atom stereocenters. The van der Waals surface area contributed by atoms with Crippen LogP contribution in [-0.4, -0.2) is 62.1 Å². The normalized spacial score (nSPS) is 18.0. The van der Waals surface area contributed by atoms with Crippen molar-refractivity contribution in [2.75, 3.05) is 39.3 Å². The third-order valence-electron chi connectivity index (χ3n) is 4.79. The van der Waals surface area contributed by atoms with Crippen LogP contribution in [-0.2, 0) is 4.79 Å². The van der Waals surface area contributed by atoms with E-state index in [1.165, 1.54) is 25.9 Å². The summed E-state index contributed by atoms with van der Waals surface area (Å²) in [6, 6.07) is 0.243. The van der Waals surface area contributed by atoms with Gasteiger partial charge in [-0.25, -0.2) is 0 Å². The van der Waals surface area contributed by atoms with Gasteiger partial charge in [-0.1, -0.05) is 13.8 Å². The van der Waals surface area contributed by atoms with Gasteiger partial charge >= 0.3 is 0 Å². The van der Waals surface area contributed by atoms with E-state index in [9.17, 15) is 4.79 Å². The van der Waals surface area contributed by atoms with Crippen LogP contribution in [0, 0.1) is 5.92 Å². The Morgan fingerprint density at radius 3 is 2.60 bits per heavy atom. The Bertz CT molecular complexity index is 391. The highest BCUT2D eigenvalue weighted by Crippen LogP contribution is 2.15. The first kappa shape index (κ1) is 21.7. The summed E-state index contributed by atoms with van der Waals surface area (Å²) in [6.45, 7) is 14.4. The molecule has 1 saturated heterocycles. The molecule has 6 heteroatoms. The van der Waals surface area contributed by atoms with E-state index in [2.05, 4.69) is 46.6 Å². The maximum atomic E-state index is 11.8. The van der Waals surface area contributed by atoms with Gasteiger partial charge in [0.1, 0.15) is 0 Å². The van der Waals surface area contributed by atoms with Crippen LogP contribution in [0.2, 0.25) is 0 Å². The Kier molecular flexibility index (Phi) is 11.3. The first-order valence-corrected chi connectivity index (χ1v) is 10.1. The SMILES string of the molecule is CCNC(=NCCCN1CCC(C)CC1)NCCC(=O)NC(C)CC. The van der Waals surface area contributed by atoms with Gasteiger partial charge in [-0.2, -0.15) is 0 Å². The number of aliphatic imine (C=N–C) groups is 1. The molecular formula is C19H39N5O. The van der Waals surface area contributed by atoms with Gasteiger partial charge in [0.15, 0.2) is 5.96 Å². The largest absolute Gasteiger partial charge is 0.357 e. The summed E-state index contributed by atoms with van der Waals surface area (Å²) in [5.74, 6) is 1.79. The second kappa shape index (κ2) is 13.0. The van der Waals surface area contributed by atoms with Crippen molar-refractivity contribution in [1.29, 1.82) is 0 Å². The van der Waals surface area contributed by atoms with Crippen LogP contribution in [0.25, 0.3) is 0 Å². The van der Waals surface area contributed by atoms with Crippen LogP contribution in [0.4, 0.5) is 0 Å². The van der Waals surface area contributed by atoms with E-state index in [0.717, 1.165) is 44.4 Å². The number of nitrogens with one attached hydrogen (secondary N) is 3. The van der Waals surface area contributed by atoms with Crippen LogP contribution in [0.15, 0.2) is 4.99 Å². The number of carbonyl (C=O) groups excluding carboxylic acids is 1. The molecule has 1 aliphatic heterocycles. The fourth-order valence-electron chi connectivity index (χ4n) is 2.86. The first-order valence-electron chi connectivity index (χ1n) is 10.1. The predicted molar refractivity (Wildman–Crippen MR) is 106 cm³/mol. The molecule has 0 radical (unpaired) electrons. The second-order valence-corrected chi connectivity index (χ2v) is 7.19. The van der Waals surface area contributed by atoms with Crippen LogP contribution in [0.5, 0.6) is 0 Å². The highest BCUT2D eigenvalue weighted by Gasteiger charge is 2.14. The molecule has 0 aromatic rings. The van der Waals surface area contributed by atoms with Crippen molar-refractivity contribution in [1.82, 2.24) is 20.9 Å². The zero-order valence-electron chi connectivity index (χ0n) is 16.7. The summed E-state index contributed by atoms with van der Waals surface area (Å²) in [7, 11) is 0. The zero-order chi connectivity index (χ0) is 18.5. The molecular weight excluding hydrogens is 314 g/mol. The highest BCUT2D eigenvalue weighted by atomic mass is 16.1. The van der Waals surface area contributed by atoms with Crippen molar-refractivity contribution >= 4 is 11.9 Å². The Hall–Kier alpha value is -1.30. The van der Waals surface area contributed by atoms with Crippen molar-refractivity contribution in [3.05, 3.63) is 0 Å². The fraction of sp³-hybridized carbons (Fsp3) is 0.895. The summed E-state index contributed by atoms with van der Waals surface area (Å²) >= 11 is 0. The number of hydrogen-bond donors (Lipinski definition) is 3. The van der Waals surface area contributed by atoms with E-state index in [0.29, 0.717) is 13.0 Å². The van der Waals surface area contributed by atoms with Gasteiger partial charge < -0.3 is 20.9 Å². The van der Waals surface area contributed by atoms with Crippen molar-refractivity contribution in [2.24, 2.45) is 10.9 Å². The van der Waals surface area contributed by atoms with Gasteiger partial charge in [0, 0.05) is 32.1 Å². The summed E-state index contributed by atoms with van der Waals surface area (Å²) < 4.78 is 0. The number of amides is 1. The number of guanidine groups is 1. The average Bonchev–Trinajstić information content (AvgIpc) is 2.60. The third kappa shape index (κ3) is 10.3. The maximum absolute atomic E-state index is 11.8. The molecule has 1 fully saturated rings. The Morgan fingerprint density at radius 2 is 1.96 bits per heavy atom. The molecule has 1 heterocycles. The molecule has 1 atom stereocenters. The minimum absolute atomic E-state index is 0.0945. The lowest BCUT2D eigenvalue weighted by Gasteiger charge is -2.29. The predicted octanol–water partition coefficient (Wildman–Crippen LogP) is 1.97. The topological polar surface area (TPSA) is 68.8 Å². The number of piperidine rings is 1. The summed E-state index contributed by atoms with van der Waals surface area (Å²) in [5, 5.41) is 9.48.